The second kappa shape index (κ2) is 9.11. The van der Waals surface area contributed by atoms with Gasteiger partial charge in [-0.25, -0.2) is 4.68 Å². The quantitative estimate of drug-likeness (QED) is 0.432. The number of ether oxygens (including phenoxy) is 1. The van der Waals surface area contributed by atoms with Crippen molar-refractivity contribution < 1.29 is 9.53 Å². The Morgan fingerprint density at radius 3 is 2.89 bits per heavy atom. The molecule has 28 heavy (non-hydrogen) atoms. The molecule has 3 aromatic rings. The summed E-state index contributed by atoms with van der Waals surface area (Å²) in [6.07, 6.45) is 0. The molecule has 2 aromatic heterocycles. The lowest BCUT2D eigenvalue weighted by Crippen LogP contribution is -2.28. The number of aryl methyl sites for hydroxylation is 2. The highest BCUT2D eigenvalue weighted by Crippen LogP contribution is 2.21. The Bertz CT molecular complexity index is 940. The standard InChI is InChI=1S/C19H23N5O2S2/c1-12-6-7-15(13(2)9-12)26-10-17-22-23-19(24(17)20)28-11-18(25)21-14(3)16-5-4-8-27-16/h4-9,14H,10-11,20H2,1-3H3,(H,21,25)/t14-/m1/s1. The monoisotopic (exact) mass is 417 g/mol. The maximum Gasteiger partial charge on any atom is 0.230 e. The number of carbonyl (C=O) groups excluding carboxylic acids is 1. The lowest BCUT2D eigenvalue weighted by atomic mass is 10.1. The molecule has 0 saturated heterocycles. The topological polar surface area (TPSA) is 95.1 Å². The van der Waals surface area contributed by atoms with Gasteiger partial charge in [-0.3, -0.25) is 4.79 Å². The van der Waals surface area contributed by atoms with E-state index in [9.17, 15) is 4.79 Å². The third-order valence-electron chi connectivity index (χ3n) is 4.10. The molecule has 0 aliphatic rings. The molecule has 3 rings (SSSR count). The zero-order chi connectivity index (χ0) is 20.1. The number of benzene rings is 1. The van der Waals surface area contributed by atoms with E-state index in [4.69, 9.17) is 10.6 Å². The number of nitrogens with two attached hydrogens (primary N) is 1. The summed E-state index contributed by atoms with van der Waals surface area (Å²) in [5.74, 6) is 7.46. The second-order valence-electron chi connectivity index (χ2n) is 6.42. The van der Waals surface area contributed by atoms with Gasteiger partial charge in [0.05, 0.1) is 11.8 Å². The minimum Gasteiger partial charge on any atom is -0.485 e. The predicted molar refractivity (Wildman–Crippen MR) is 112 cm³/mol. The zero-order valence-electron chi connectivity index (χ0n) is 16.0. The average Bonchev–Trinajstić information content (AvgIpc) is 3.30. The number of aromatic nitrogens is 3. The number of carbonyl (C=O) groups is 1. The van der Waals surface area contributed by atoms with E-state index in [1.807, 2.05) is 50.4 Å². The summed E-state index contributed by atoms with van der Waals surface area (Å²) in [6.45, 7) is 6.19. The largest absolute Gasteiger partial charge is 0.485 e. The highest BCUT2D eigenvalue weighted by Gasteiger charge is 2.15. The highest BCUT2D eigenvalue weighted by molar-refractivity contribution is 7.99. The van der Waals surface area contributed by atoms with E-state index in [0.717, 1.165) is 16.2 Å². The Morgan fingerprint density at radius 1 is 1.36 bits per heavy atom. The van der Waals surface area contributed by atoms with E-state index in [1.54, 1.807) is 11.3 Å². The van der Waals surface area contributed by atoms with Crippen LogP contribution in [0.5, 0.6) is 5.75 Å². The zero-order valence-corrected chi connectivity index (χ0v) is 17.6. The van der Waals surface area contributed by atoms with Crippen LogP contribution in [-0.2, 0) is 11.4 Å². The molecular formula is C19H23N5O2S2. The van der Waals surface area contributed by atoms with Crippen molar-refractivity contribution in [2.45, 2.75) is 38.6 Å². The minimum absolute atomic E-state index is 0.0226. The number of nitrogen functional groups attached to an aromatic ring is 1. The van der Waals surface area contributed by atoms with Crippen LogP contribution in [-0.4, -0.2) is 26.5 Å². The van der Waals surface area contributed by atoms with Crippen LogP contribution in [0.25, 0.3) is 0 Å². The molecule has 148 valence electrons. The van der Waals surface area contributed by atoms with Crippen LogP contribution in [0.2, 0.25) is 0 Å². The normalized spacial score (nSPS) is 12.0. The van der Waals surface area contributed by atoms with Crippen LogP contribution in [0.1, 0.15) is 34.8 Å². The van der Waals surface area contributed by atoms with Crippen molar-refractivity contribution in [2.24, 2.45) is 0 Å². The number of nitrogens with one attached hydrogen (secondary N) is 1. The molecule has 0 aliphatic carbocycles. The van der Waals surface area contributed by atoms with Crippen LogP contribution in [0.4, 0.5) is 0 Å². The SMILES string of the molecule is Cc1ccc(OCc2nnc(SCC(=O)N[C@H](C)c3cccs3)n2N)c(C)c1. The second-order valence-corrected chi connectivity index (χ2v) is 8.34. The molecule has 0 saturated carbocycles. The average molecular weight is 418 g/mol. The smallest absolute Gasteiger partial charge is 0.230 e. The summed E-state index contributed by atoms with van der Waals surface area (Å²) < 4.78 is 7.17. The van der Waals surface area contributed by atoms with Gasteiger partial charge in [0.15, 0.2) is 5.82 Å². The lowest BCUT2D eigenvalue weighted by molar-refractivity contribution is -0.119. The van der Waals surface area contributed by atoms with Gasteiger partial charge < -0.3 is 15.9 Å². The van der Waals surface area contributed by atoms with Gasteiger partial charge in [0.1, 0.15) is 12.4 Å². The van der Waals surface area contributed by atoms with Crippen LogP contribution in [0.15, 0.2) is 40.9 Å². The molecule has 7 nitrogen and oxygen atoms in total. The molecule has 3 N–H and O–H groups in total. The fraction of sp³-hybridized carbons (Fsp3) is 0.316. The van der Waals surface area contributed by atoms with Gasteiger partial charge in [-0.1, -0.05) is 35.5 Å². The molecule has 0 fully saturated rings. The van der Waals surface area contributed by atoms with Crippen molar-refractivity contribution in [3.05, 3.63) is 57.5 Å². The molecule has 2 heterocycles. The number of thiophene rings is 1. The van der Waals surface area contributed by atoms with E-state index >= 15 is 0 Å². The predicted octanol–water partition coefficient (Wildman–Crippen LogP) is 3.22. The summed E-state index contributed by atoms with van der Waals surface area (Å²) in [4.78, 5) is 13.3. The number of hydrogen-bond acceptors (Lipinski definition) is 7. The van der Waals surface area contributed by atoms with Gasteiger partial charge in [0, 0.05) is 4.88 Å². The number of thioether (sulfide) groups is 1. The first-order valence-corrected chi connectivity index (χ1v) is 10.7. The Kier molecular flexibility index (Phi) is 6.58. The molecule has 1 atom stereocenters. The summed E-state index contributed by atoms with van der Waals surface area (Å²) in [5, 5.41) is 13.6. The van der Waals surface area contributed by atoms with Crippen LogP contribution in [0.3, 0.4) is 0 Å². The maximum atomic E-state index is 12.2. The maximum absolute atomic E-state index is 12.2. The van der Waals surface area contributed by atoms with E-state index in [-0.39, 0.29) is 24.3 Å². The number of rotatable bonds is 8. The summed E-state index contributed by atoms with van der Waals surface area (Å²) >= 11 is 2.86. The Balaban J connectivity index is 1.52. The summed E-state index contributed by atoms with van der Waals surface area (Å²) in [6, 6.07) is 9.92. The van der Waals surface area contributed by atoms with Crippen molar-refractivity contribution in [1.29, 1.82) is 0 Å². The molecule has 0 unspecified atom stereocenters. The van der Waals surface area contributed by atoms with Crippen LogP contribution < -0.4 is 15.9 Å². The first-order chi connectivity index (χ1) is 13.4. The molecule has 0 aliphatic heterocycles. The number of nitrogens with zero attached hydrogens (tertiary/aromatic N) is 3. The van der Waals surface area contributed by atoms with Gasteiger partial charge >= 0.3 is 0 Å². The van der Waals surface area contributed by atoms with Gasteiger partial charge in [-0.15, -0.1) is 21.5 Å². The lowest BCUT2D eigenvalue weighted by Gasteiger charge is -2.12. The van der Waals surface area contributed by atoms with Crippen molar-refractivity contribution in [3.63, 3.8) is 0 Å². The van der Waals surface area contributed by atoms with E-state index in [2.05, 4.69) is 21.6 Å². The Morgan fingerprint density at radius 2 is 2.18 bits per heavy atom. The third-order valence-corrected chi connectivity index (χ3v) is 6.10. The summed E-state index contributed by atoms with van der Waals surface area (Å²) in [7, 11) is 0. The fourth-order valence-electron chi connectivity index (χ4n) is 2.63. The van der Waals surface area contributed by atoms with Crippen molar-refractivity contribution in [3.8, 4) is 5.75 Å². The first kappa shape index (κ1) is 20.2. The van der Waals surface area contributed by atoms with Crippen LogP contribution >= 0.6 is 23.1 Å². The van der Waals surface area contributed by atoms with E-state index < -0.39 is 0 Å². The highest BCUT2D eigenvalue weighted by atomic mass is 32.2. The van der Waals surface area contributed by atoms with Crippen molar-refractivity contribution in [1.82, 2.24) is 20.2 Å². The molecule has 0 spiro atoms. The van der Waals surface area contributed by atoms with Gasteiger partial charge in [0.25, 0.3) is 0 Å². The van der Waals surface area contributed by atoms with Crippen molar-refractivity contribution in [2.75, 3.05) is 11.6 Å². The Labute approximate surface area is 172 Å². The molecule has 1 aromatic carbocycles. The molecular weight excluding hydrogens is 394 g/mol. The van der Waals surface area contributed by atoms with Crippen LogP contribution in [0, 0.1) is 13.8 Å². The number of hydrogen-bond donors (Lipinski definition) is 2. The molecule has 0 bridgehead atoms. The molecule has 1 amide bonds. The third kappa shape index (κ3) is 5.05. The van der Waals surface area contributed by atoms with E-state index in [0.29, 0.717) is 11.0 Å². The van der Waals surface area contributed by atoms with Gasteiger partial charge in [-0.05, 0) is 43.8 Å². The molecule has 9 heteroatoms. The minimum atomic E-state index is -0.0815. The van der Waals surface area contributed by atoms with Gasteiger partial charge in [-0.2, -0.15) is 0 Å². The summed E-state index contributed by atoms with van der Waals surface area (Å²) in [5.41, 5.74) is 2.23. The number of amides is 1. The first-order valence-electron chi connectivity index (χ1n) is 8.79. The van der Waals surface area contributed by atoms with Gasteiger partial charge in [0.2, 0.25) is 11.1 Å². The molecule has 0 radical (unpaired) electrons. The van der Waals surface area contributed by atoms with Crippen molar-refractivity contribution >= 4 is 29.0 Å². The van der Waals surface area contributed by atoms with E-state index in [1.165, 1.54) is 22.0 Å². The fourth-order valence-corrected chi connectivity index (χ4v) is 4.05. The Hall–Kier alpha value is -2.52.